The van der Waals surface area contributed by atoms with Gasteiger partial charge in [-0.3, -0.25) is 23.9 Å². The van der Waals surface area contributed by atoms with Crippen LogP contribution in [0.5, 0.6) is 0 Å². The van der Waals surface area contributed by atoms with E-state index in [-0.39, 0.29) is 0 Å². The topological polar surface area (TPSA) is 110 Å². The lowest BCUT2D eigenvalue weighted by Crippen LogP contribution is -2.45. The molecule has 1 aromatic carbocycles. The van der Waals surface area contributed by atoms with Gasteiger partial charge in [0.1, 0.15) is 24.5 Å². The fraction of sp³-hybridized carbons (Fsp3) is 0.111. The maximum absolute atomic E-state index is 12.5. The summed E-state index contributed by atoms with van der Waals surface area (Å²) >= 11 is 0. The Morgan fingerprint density at radius 1 is 1.00 bits per heavy atom. The summed E-state index contributed by atoms with van der Waals surface area (Å²) in [5, 5.41) is 10.1. The Hall–Kier alpha value is -3.88. The molecular weight excluding hydrogens is 348 g/mol. The Kier molecular flexibility index (Phi) is 3.96. The van der Waals surface area contributed by atoms with Gasteiger partial charge in [-0.05, 0) is 31.2 Å². The zero-order chi connectivity index (χ0) is 19.0. The highest BCUT2D eigenvalue weighted by Gasteiger charge is 2.40. The number of imide groups is 1. The molecule has 1 atom stereocenters. The van der Waals surface area contributed by atoms with Gasteiger partial charge in [-0.25, -0.2) is 4.98 Å². The molecule has 3 heterocycles. The van der Waals surface area contributed by atoms with Crippen LogP contribution >= 0.6 is 0 Å². The molecule has 0 saturated carbocycles. The van der Waals surface area contributed by atoms with Gasteiger partial charge in [0, 0.05) is 0 Å². The van der Waals surface area contributed by atoms with Gasteiger partial charge in [-0.2, -0.15) is 0 Å². The SMILES string of the molecule is CC(C(=O)Nc1ccc(-n2cnnc2)nc1)N1C(=O)c2ccccc2C1=O. The molecule has 1 aliphatic rings. The van der Waals surface area contributed by atoms with Crippen LogP contribution in [0.2, 0.25) is 0 Å². The van der Waals surface area contributed by atoms with Crippen LogP contribution in [0.1, 0.15) is 27.6 Å². The summed E-state index contributed by atoms with van der Waals surface area (Å²) in [4.78, 5) is 42.7. The third-order valence-electron chi connectivity index (χ3n) is 4.29. The number of nitrogens with one attached hydrogen (secondary N) is 1. The molecule has 2 aromatic heterocycles. The van der Waals surface area contributed by atoms with Gasteiger partial charge in [0.05, 0.1) is 23.0 Å². The zero-order valence-corrected chi connectivity index (χ0v) is 14.2. The minimum absolute atomic E-state index is 0.308. The minimum Gasteiger partial charge on any atom is -0.323 e. The molecule has 9 heteroatoms. The summed E-state index contributed by atoms with van der Waals surface area (Å²) in [5.41, 5.74) is 1.06. The quantitative estimate of drug-likeness (QED) is 0.700. The van der Waals surface area contributed by atoms with Crippen LogP contribution in [-0.2, 0) is 4.79 Å². The number of anilines is 1. The predicted octanol–water partition coefficient (Wildman–Crippen LogP) is 1.29. The third kappa shape index (κ3) is 2.84. The smallest absolute Gasteiger partial charge is 0.262 e. The van der Waals surface area contributed by atoms with Crippen molar-refractivity contribution >= 4 is 23.4 Å². The summed E-state index contributed by atoms with van der Waals surface area (Å²) in [7, 11) is 0. The second-order valence-corrected chi connectivity index (χ2v) is 5.97. The van der Waals surface area contributed by atoms with Crippen LogP contribution in [0.4, 0.5) is 5.69 Å². The molecule has 27 heavy (non-hydrogen) atoms. The standard InChI is InChI=1S/C18H14N6O3/c1-11(24-17(26)13-4-2-3-5-14(13)18(24)27)16(25)22-12-6-7-15(19-8-12)23-9-20-21-10-23/h2-11H,1H3,(H,22,25). The van der Waals surface area contributed by atoms with E-state index in [2.05, 4.69) is 20.5 Å². The van der Waals surface area contributed by atoms with E-state index in [9.17, 15) is 14.4 Å². The first-order valence-corrected chi connectivity index (χ1v) is 8.15. The lowest BCUT2D eigenvalue weighted by molar-refractivity contribution is -0.119. The number of nitrogens with zero attached hydrogens (tertiary/aromatic N) is 5. The van der Waals surface area contributed by atoms with E-state index in [4.69, 9.17) is 0 Å². The molecule has 0 fully saturated rings. The highest BCUT2D eigenvalue weighted by atomic mass is 16.2. The van der Waals surface area contributed by atoms with Gasteiger partial charge in [0.15, 0.2) is 0 Å². The molecule has 0 saturated heterocycles. The number of fused-ring (bicyclic) bond motifs is 1. The average molecular weight is 362 g/mol. The van der Waals surface area contributed by atoms with Crippen LogP contribution in [0.15, 0.2) is 55.2 Å². The number of pyridine rings is 1. The summed E-state index contributed by atoms with van der Waals surface area (Å²) in [6.07, 6.45) is 4.48. The van der Waals surface area contributed by atoms with Crippen LogP contribution in [-0.4, -0.2) is 48.4 Å². The Morgan fingerprint density at radius 3 is 2.19 bits per heavy atom. The molecular formula is C18H14N6O3. The molecule has 4 rings (SSSR count). The molecule has 0 aliphatic carbocycles. The number of hydrogen-bond acceptors (Lipinski definition) is 6. The van der Waals surface area contributed by atoms with Crippen molar-refractivity contribution in [3.05, 3.63) is 66.4 Å². The van der Waals surface area contributed by atoms with Crippen molar-refractivity contribution in [1.82, 2.24) is 24.6 Å². The molecule has 0 spiro atoms. The molecule has 0 radical (unpaired) electrons. The lowest BCUT2D eigenvalue weighted by atomic mass is 10.1. The predicted molar refractivity (Wildman–Crippen MR) is 94.2 cm³/mol. The molecule has 134 valence electrons. The highest BCUT2D eigenvalue weighted by molar-refractivity contribution is 6.23. The van der Waals surface area contributed by atoms with Crippen molar-refractivity contribution in [2.75, 3.05) is 5.32 Å². The monoisotopic (exact) mass is 362 g/mol. The highest BCUT2D eigenvalue weighted by Crippen LogP contribution is 2.25. The first-order chi connectivity index (χ1) is 13.1. The van der Waals surface area contributed by atoms with E-state index in [1.54, 1.807) is 41.0 Å². The zero-order valence-electron chi connectivity index (χ0n) is 14.2. The third-order valence-corrected chi connectivity index (χ3v) is 4.29. The molecule has 1 N–H and O–H groups in total. The fourth-order valence-electron chi connectivity index (χ4n) is 2.86. The van der Waals surface area contributed by atoms with Crippen LogP contribution < -0.4 is 5.32 Å². The largest absolute Gasteiger partial charge is 0.323 e. The number of aromatic nitrogens is 4. The second kappa shape index (κ2) is 6.45. The normalized spacial score (nSPS) is 14.2. The average Bonchev–Trinajstić information content (AvgIpc) is 3.30. The van der Waals surface area contributed by atoms with Crippen molar-refractivity contribution in [3.63, 3.8) is 0 Å². The van der Waals surface area contributed by atoms with Gasteiger partial charge < -0.3 is 5.32 Å². The lowest BCUT2D eigenvalue weighted by Gasteiger charge is -2.21. The molecule has 9 nitrogen and oxygen atoms in total. The number of benzene rings is 1. The van der Waals surface area contributed by atoms with Gasteiger partial charge >= 0.3 is 0 Å². The maximum Gasteiger partial charge on any atom is 0.262 e. The summed E-state index contributed by atoms with van der Waals surface area (Å²) in [6, 6.07) is 8.90. The molecule has 3 aromatic rings. The van der Waals surface area contributed by atoms with Gasteiger partial charge in [-0.15, -0.1) is 10.2 Å². The Morgan fingerprint density at radius 2 is 1.63 bits per heavy atom. The number of hydrogen-bond donors (Lipinski definition) is 1. The van der Waals surface area contributed by atoms with Crippen LogP contribution in [0, 0.1) is 0 Å². The van der Waals surface area contributed by atoms with E-state index >= 15 is 0 Å². The maximum atomic E-state index is 12.5. The first-order valence-electron chi connectivity index (χ1n) is 8.15. The molecule has 0 bridgehead atoms. The van der Waals surface area contributed by atoms with Crippen molar-refractivity contribution in [3.8, 4) is 5.82 Å². The second-order valence-electron chi connectivity index (χ2n) is 5.97. The van der Waals surface area contributed by atoms with Gasteiger partial charge in [0.25, 0.3) is 11.8 Å². The van der Waals surface area contributed by atoms with Crippen LogP contribution in [0.3, 0.4) is 0 Å². The number of amides is 3. The van der Waals surface area contributed by atoms with Gasteiger partial charge in [-0.1, -0.05) is 12.1 Å². The van der Waals surface area contributed by atoms with Crippen LogP contribution in [0.25, 0.3) is 5.82 Å². The fourth-order valence-corrected chi connectivity index (χ4v) is 2.86. The van der Waals surface area contributed by atoms with Crippen molar-refractivity contribution in [2.24, 2.45) is 0 Å². The minimum atomic E-state index is -0.963. The Balaban J connectivity index is 1.49. The van der Waals surface area contributed by atoms with E-state index < -0.39 is 23.8 Å². The number of rotatable bonds is 4. The Labute approximate surface area is 153 Å². The molecule has 1 aliphatic heterocycles. The van der Waals surface area contributed by atoms with Crippen molar-refractivity contribution in [1.29, 1.82) is 0 Å². The number of carbonyl (C=O) groups excluding carboxylic acids is 3. The molecule has 3 amide bonds. The first kappa shape index (κ1) is 16.6. The van der Waals surface area contributed by atoms with E-state index in [0.717, 1.165) is 4.90 Å². The Bertz CT molecular complexity index is 995. The van der Waals surface area contributed by atoms with Crippen molar-refractivity contribution < 1.29 is 14.4 Å². The summed E-state index contributed by atoms with van der Waals surface area (Å²) < 4.78 is 1.62. The van der Waals surface area contributed by atoms with Crippen molar-refractivity contribution in [2.45, 2.75) is 13.0 Å². The van der Waals surface area contributed by atoms with E-state index in [1.807, 2.05) is 0 Å². The number of carbonyl (C=O) groups is 3. The summed E-state index contributed by atoms with van der Waals surface area (Å²) in [5.74, 6) is -0.839. The van der Waals surface area contributed by atoms with E-state index in [1.165, 1.54) is 25.8 Å². The van der Waals surface area contributed by atoms with Gasteiger partial charge in [0.2, 0.25) is 5.91 Å². The van der Waals surface area contributed by atoms with E-state index in [0.29, 0.717) is 22.6 Å². The molecule has 1 unspecified atom stereocenters. The summed E-state index contributed by atoms with van der Waals surface area (Å²) in [6.45, 7) is 1.51.